The van der Waals surface area contributed by atoms with E-state index in [0.717, 1.165) is 12.8 Å². The third kappa shape index (κ3) is 4.26. The first-order chi connectivity index (χ1) is 12.5. The van der Waals surface area contributed by atoms with Gasteiger partial charge in [-0.2, -0.15) is 0 Å². The normalized spacial score (nSPS) is 19.5. The van der Waals surface area contributed by atoms with Crippen molar-refractivity contribution in [2.45, 2.75) is 25.7 Å². The second kappa shape index (κ2) is 8.09. The van der Waals surface area contributed by atoms with Gasteiger partial charge in [0, 0.05) is 22.8 Å². The maximum Gasteiger partial charge on any atom is 0.307 e. The van der Waals surface area contributed by atoms with Crippen LogP contribution in [0.1, 0.15) is 36.0 Å². The van der Waals surface area contributed by atoms with Crippen molar-refractivity contribution in [2.24, 2.45) is 11.8 Å². The van der Waals surface area contributed by atoms with Crippen LogP contribution in [0.5, 0.6) is 0 Å². The number of carbonyl (C=O) groups is 3. The summed E-state index contributed by atoms with van der Waals surface area (Å²) in [4.78, 5) is 39.9. The maximum absolute atomic E-state index is 12.5. The van der Waals surface area contributed by atoms with Crippen molar-refractivity contribution in [3.63, 3.8) is 0 Å². The Morgan fingerprint density at radius 3 is 2.35 bits per heavy atom. The fourth-order valence-electron chi connectivity index (χ4n) is 3.13. The third-order valence-corrected chi connectivity index (χ3v) is 5.18. The summed E-state index contributed by atoms with van der Waals surface area (Å²) in [6, 6.07) is 6.47. The molecule has 3 N–H and O–H groups in total. The Balaban J connectivity index is 1.62. The first kappa shape index (κ1) is 18.1. The van der Waals surface area contributed by atoms with Crippen LogP contribution < -0.4 is 10.6 Å². The van der Waals surface area contributed by atoms with Crippen molar-refractivity contribution in [1.82, 2.24) is 4.98 Å². The van der Waals surface area contributed by atoms with Gasteiger partial charge < -0.3 is 10.4 Å². The van der Waals surface area contributed by atoms with Gasteiger partial charge in [0.1, 0.15) is 0 Å². The smallest absolute Gasteiger partial charge is 0.307 e. The summed E-state index contributed by atoms with van der Waals surface area (Å²) in [5.41, 5.74) is 0.981. The predicted molar refractivity (Wildman–Crippen MR) is 98.2 cm³/mol. The molecule has 2 unspecified atom stereocenters. The van der Waals surface area contributed by atoms with Crippen molar-refractivity contribution < 1.29 is 19.5 Å². The number of thiazole rings is 1. The van der Waals surface area contributed by atoms with Gasteiger partial charge in [-0.05, 0) is 37.1 Å². The number of amides is 2. The van der Waals surface area contributed by atoms with Crippen LogP contribution in [0.15, 0.2) is 35.8 Å². The summed E-state index contributed by atoms with van der Waals surface area (Å²) in [6.45, 7) is 0. The highest BCUT2D eigenvalue weighted by molar-refractivity contribution is 7.13. The largest absolute Gasteiger partial charge is 0.481 e. The molecule has 1 aliphatic rings. The van der Waals surface area contributed by atoms with Crippen LogP contribution in [0, 0.1) is 11.8 Å². The summed E-state index contributed by atoms with van der Waals surface area (Å²) < 4.78 is 0. The minimum Gasteiger partial charge on any atom is -0.481 e. The molecule has 1 saturated carbocycles. The number of anilines is 2. The van der Waals surface area contributed by atoms with E-state index in [1.54, 1.807) is 35.8 Å². The van der Waals surface area contributed by atoms with Crippen molar-refractivity contribution >= 4 is 39.9 Å². The first-order valence-corrected chi connectivity index (χ1v) is 9.27. The number of nitrogens with one attached hydrogen (secondary N) is 2. The van der Waals surface area contributed by atoms with E-state index in [1.165, 1.54) is 11.3 Å². The number of carboxylic acids is 1. The van der Waals surface area contributed by atoms with E-state index in [4.69, 9.17) is 0 Å². The second-order valence-corrected chi connectivity index (χ2v) is 7.09. The van der Waals surface area contributed by atoms with Crippen LogP contribution in [0.4, 0.5) is 10.8 Å². The minimum absolute atomic E-state index is 0.280. The summed E-state index contributed by atoms with van der Waals surface area (Å²) in [7, 11) is 0. The number of nitrogens with zero attached hydrogens (tertiary/aromatic N) is 1. The molecule has 1 aliphatic carbocycles. The zero-order valence-corrected chi connectivity index (χ0v) is 14.8. The van der Waals surface area contributed by atoms with Crippen molar-refractivity contribution in [2.75, 3.05) is 10.6 Å². The van der Waals surface area contributed by atoms with Gasteiger partial charge in [0.25, 0.3) is 5.91 Å². The summed E-state index contributed by atoms with van der Waals surface area (Å²) >= 11 is 1.33. The summed E-state index contributed by atoms with van der Waals surface area (Å²) in [6.07, 6.45) is 4.41. The van der Waals surface area contributed by atoms with E-state index in [9.17, 15) is 19.5 Å². The van der Waals surface area contributed by atoms with E-state index < -0.39 is 17.8 Å². The van der Waals surface area contributed by atoms with E-state index in [1.807, 2.05) is 0 Å². The van der Waals surface area contributed by atoms with Gasteiger partial charge in [-0.1, -0.05) is 12.8 Å². The molecule has 26 heavy (non-hydrogen) atoms. The maximum atomic E-state index is 12.5. The molecule has 3 rings (SSSR count). The number of benzene rings is 1. The molecule has 2 atom stereocenters. The zero-order valence-electron chi connectivity index (χ0n) is 14.0. The van der Waals surface area contributed by atoms with Crippen LogP contribution in [0.25, 0.3) is 0 Å². The molecule has 0 aliphatic heterocycles. The van der Waals surface area contributed by atoms with Gasteiger partial charge >= 0.3 is 5.97 Å². The number of carboxylic acid groups (broad SMARTS) is 1. The fraction of sp³-hybridized carbons (Fsp3) is 0.333. The predicted octanol–water partition coefficient (Wildman–Crippen LogP) is 3.22. The molecule has 0 radical (unpaired) electrons. The van der Waals surface area contributed by atoms with Gasteiger partial charge in [-0.25, -0.2) is 4.98 Å². The number of rotatable bonds is 5. The standard InChI is InChI=1S/C18H19N3O4S/c22-15(21-18-19-9-10-26-18)11-5-7-12(8-6-11)20-16(23)13-3-1-2-4-14(13)17(24)25/h5-10,13-14H,1-4H2,(H,20,23)(H,24,25)(H,19,21,22). The van der Waals surface area contributed by atoms with E-state index >= 15 is 0 Å². The number of aliphatic carboxylic acids is 1. The molecule has 0 bridgehead atoms. The molecule has 1 aromatic heterocycles. The second-order valence-electron chi connectivity index (χ2n) is 6.19. The van der Waals surface area contributed by atoms with E-state index in [2.05, 4.69) is 15.6 Å². The third-order valence-electron chi connectivity index (χ3n) is 4.49. The van der Waals surface area contributed by atoms with E-state index in [-0.39, 0.29) is 11.8 Å². The number of carbonyl (C=O) groups excluding carboxylic acids is 2. The zero-order chi connectivity index (χ0) is 18.5. The topological polar surface area (TPSA) is 108 Å². The number of hydrogen-bond donors (Lipinski definition) is 3. The molecule has 1 aromatic carbocycles. The van der Waals surface area contributed by atoms with Crippen molar-refractivity contribution in [1.29, 1.82) is 0 Å². The Morgan fingerprint density at radius 2 is 1.73 bits per heavy atom. The highest BCUT2D eigenvalue weighted by Crippen LogP contribution is 2.31. The molecule has 7 nitrogen and oxygen atoms in total. The Morgan fingerprint density at radius 1 is 1.04 bits per heavy atom. The van der Waals surface area contributed by atoms with Crippen molar-refractivity contribution in [3.8, 4) is 0 Å². The van der Waals surface area contributed by atoms with E-state index in [0.29, 0.717) is 29.2 Å². The Kier molecular flexibility index (Phi) is 5.62. The van der Waals surface area contributed by atoms with Crippen LogP contribution >= 0.6 is 11.3 Å². The SMILES string of the molecule is O=C(Nc1nccs1)c1ccc(NC(=O)C2CCCCC2C(=O)O)cc1. The lowest BCUT2D eigenvalue weighted by atomic mass is 9.78. The van der Waals surface area contributed by atoms with Gasteiger partial charge in [0.2, 0.25) is 5.91 Å². The van der Waals surface area contributed by atoms with Crippen LogP contribution in [0.2, 0.25) is 0 Å². The Labute approximate surface area is 154 Å². The number of aromatic nitrogens is 1. The Bertz CT molecular complexity index is 789. The molecule has 0 saturated heterocycles. The lowest BCUT2D eigenvalue weighted by molar-refractivity contribution is -0.147. The lowest BCUT2D eigenvalue weighted by Gasteiger charge is -2.27. The highest BCUT2D eigenvalue weighted by Gasteiger charge is 2.35. The van der Waals surface area contributed by atoms with Gasteiger partial charge in [0.05, 0.1) is 11.8 Å². The molecule has 8 heteroatoms. The van der Waals surface area contributed by atoms with Gasteiger partial charge in [0.15, 0.2) is 5.13 Å². The van der Waals surface area contributed by atoms with Crippen molar-refractivity contribution in [3.05, 3.63) is 41.4 Å². The average Bonchev–Trinajstić information content (AvgIpc) is 3.15. The lowest BCUT2D eigenvalue weighted by Crippen LogP contribution is -2.36. The molecular formula is C18H19N3O4S. The molecule has 1 fully saturated rings. The number of hydrogen-bond acceptors (Lipinski definition) is 5. The van der Waals surface area contributed by atoms with Crippen LogP contribution in [-0.2, 0) is 9.59 Å². The molecular weight excluding hydrogens is 354 g/mol. The van der Waals surface area contributed by atoms with Crippen LogP contribution in [-0.4, -0.2) is 27.9 Å². The molecule has 1 heterocycles. The molecule has 2 amide bonds. The first-order valence-electron chi connectivity index (χ1n) is 8.39. The highest BCUT2D eigenvalue weighted by atomic mass is 32.1. The fourth-order valence-corrected chi connectivity index (χ4v) is 3.66. The quantitative estimate of drug-likeness (QED) is 0.746. The molecule has 2 aromatic rings. The molecule has 0 spiro atoms. The van der Waals surface area contributed by atoms with Gasteiger partial charge in [-0.15, -0.1) is 11.3 Å². The Hall–Kier alpha value is -2.74. The minimum atomic E-state index is -0.918. The monoisotopic (exact) mass is 373 g/mol. The molecule has 136 valence electrons. The summed E-state index contributed by atoms with van der Waals surface area (Å²) in [5.74, 6) is -2.63. The van der Waals surface area contributed by atoms with Gasteiger partial charge in [-0.3, -0.25) is 19.7 Å². The summed E-state index contributed by atoms with van der Waals surface area (Å²) in [5, 5.41) is 17.0. The average molecular weight is 373 g/mol. The van der Waals surface area contributed by atoms with Crippen LogP contribution in [0.3, 0.4) is 0 Å².